The van der Waals surface area contributed by atoms with Crippen LogP contribution in [0.5, 0.6) is 0 Å². The van der Waals surface area contributed by atoms with Gasteiger partial charge in [0.2, 0.25) is 5.91 Å². The molecule has 0 aromatic heterocycles. The molecule has 1 rings (SSSR count). The molecule has 0 heterocycles. The molecule has 100 valence electrons. The molecule has 0 spiro atoms. The quantitative estimate of drug-likeness (QED) is 0.847. The monoisotopic (exact) mass is 290 g/mol. The van der Waals surface area contributed by atoms with Gasteiger partial charge in [-0.2, -0.15) is 11.8 Å². The molecule has 0 saturated heterocycles. The van der Waals surface area contributed by atoms with Crippen molar-refractivity contribution in [1.29, 1.82) is 0 Å². The average Bonchev–Trinajstić information content (AvgIpc) is 2.32. The largest absolute Gasteiger partial charge is 0.327 e. The normalized spacial score (nSPS) is 12.2. The predicted octanol–water partition coefficient (Wildman–Crippen LogP) is 2.89. The van der Waals surface area contributed by atoms with Crippen LogP contribution in [-0.2, 0) is 4.79 Å². The molecule has 1 unspecified atom stereocenters. The fourth-order valence-electron chi connectivity index (χ4n) is 1.20. The minimum absolute atomic E-state index is 0.0927. The van der Waals surface area contributed by atoms with Crippen LogP contribution in [0.25, 0.3) is 0 Å². The van der Waals surface area contributed by atoms with Gasteiger partial charge in [-0.1, -0.05) is 18.5 Å². The highest BCUT2D eigenvalue weighted by atomic mass is 35.5. The molecule has 0 bridgehead atoms. The van der Waals surface area contributed by atoms with E-state index in [1.807, 2.05) is 6.92 Å². The van der Waals surface area contributed by atoms with Gasteiger partial charge in [-0.05, 0) is 24.6 Å². The first kappa shape index (κ1) is 15.3. The fourth-order valence-corrected chi connectivity index (χ4v) is 2.27. The first-order valence-electron chi connectivity index (χ1n) is 5.61. The highest BCUT2D eigenvalue weighted by Gasteiger charge is 2.08. The topological polar surface area (TPSA) is 55.1 Å². The van der Waals surface area contributed by atoms with Crippen LogP contribution in [0.4, 0.5) is 10.1 Å². The van der Waals surface area contributed by atoms with Crippen LogP contribution in [0.3, 0.4) is 0 Å². The molecule has 1 aromatic carbocycles. The van der Waals surface area contributed by atoms with Gasteiger partial charge in [0.1, 0.15) is 5.82 Å². The summed E-state index contributed by atoms with van der Waals surface area (Å²) in [5.74, 6) is 0.193. The van der Waals surface area contributed by atoms with Crippen molar-refractivity contribution in [3.63, 3.8) is 0 Å². The lowest BCUT2D eigenvalue weighted by molar-refractivity contribution is -0.113. The second-order valence-electron chi connectivity index (χ2n) is 3.86. The molecule has 0 radical (unpaired) electrons. The lowest BCUT2D eigenvalue weighted by atomic mass is 10.3. The molecule has 0 aliphatic heterocycles. The van der Waals surface area contributed by atoms with Crippen LogP contribution in [0.15, 0.2) is 18.2 Å². The Bertz CT molecular complexity index is 417. The van der Waals surface area contributed by atoms with Crippen molar-refractivity contribution in [2.45, 2.75) is 19.4 Å². The van der Waals surface area contributed by atoms with Crippen LogP contribution < -0.4 is 11.1 Å². The molecule has 0 saturated carbocycles. The molecule has 3 nitrogen and oxygen atoms in total. The summed E-state index contributed by atoms with van der Waals surface area (Å²) in [6, 6.07) is 4.23. The van der Waals surface area contributed by atoms with Crippen molar-refractivity contribution in [2.75, 3.05) is 16.8 Å². The number of nitrogens with one attached hydrogen (secondary N) is 1. The van der Waals surface area contributed by atoms with Crippen molar-refractivity contribution >= 4 is 35.0 Å². The summed E-state index contributed by atoms with van der Waals surface area (Å²) in [7, 11) is 0. The van der Waals surface area contributed by atoms with E-state index in [9.17, 15) is 9.18 Å². The van der Waals surface area contributed by atoms with Crippen molar-refractivity contribution in [2.24, 2.45) is 5.73 Å². The third kappa shape index (κ3) is 5.25. The van der Waals surface area contributed by atoms with Crippen LogP contribution in [0.1, 0.15) is 13.3 Å². The molecular formula is C12H16ClFN2OS. The maximum Gasteiger partial charge on any atom is 0.234 e. The SMILES string of the molecule is CCC(N)CSCC(=O)Nc1ccc(Cl)cc1F. The van der Waals surface area contributed by atoms with E-state index in [2.05, 4.69) is 5.32 Å². The van der Waals surface area contributed by atoms with E-state index in [4.69, 9.17) is 17.3 Å². The Morgan fingerprint density at radius 1 is 1.61 bits per heavy atom. The van der Waals surface area contributed by atoms with E-state index in [1.54, 1.807) is 0 Å². The van der Waals surface area contributed by atoms with Gasteiger partial charge < -0.3 is 11.1 Å². The predicted molar refractivity (Wildman–Crippen MR) is 75.6 cm³/mol. The molecule has 18 heavy (non-hydrogen) atoms. The van der Waals surface area contributed by atoms with Crippen LogP contribution in [0.2, 0.25) is 5.02 Å². The summed E-state index contributed by atoms with van der Waals surface area (Å²) in [5.41, 5.74) is 5.87. The molecule has 0 aliphatic carbocycles. The Morgan fingerprint density at radius 2 is 2.33 bits per heavy atom. The number of halogens is 2. The Hall–Kier alpha value is -0.780. The van der Waals surface area contributed by atoms with E-state index >= 15 is 0 Å². The van der Waals surface area contributed by atoms with E-state index in [0.29, 0.717) is 10.8 Å². The van der Waals surface area contributed by atoms with Crippen molar-refractivity contribution in [1.82, 2.24) is 0 Å². The number of carbonyl (C=O) groups excluding carboxylic acids is 1. The number of nitrogens with two attached hydrogens (primary N) is 1. The molecule has 1 atom stereocenters. The van der Waals surface area contributed by atoms with Gasteiger partial charge >= 0.3 is 0 Å². The summed E-state index contributed by atoms with van der Waals surface area (Å²) in [6.45, 7) is 1.99. The summed E-state index contributed by atoms with van der Waals surface area (Å²) in [4.78, 5) is 11.5. The second kappa shape index (κ2) is 7.61. The number of carbonyl (C=O) groups is 1. The van der Waals surface area contributed by atoms with Gasteiger partial charge in [0.25, 0.3) is 0 Å². The molecule has 1 amide bonds. The van der Waals surface area contributed by atoms with Gasteiger partial charge in [0.05, 0.1) is 11.4 Å². The highest BCUT2D eigenvalue weighted by molar-refractivity contribution is 8.00. The molecule has 3 N–H and O–H groups in total. The number of benzene rings is 1. The van der Waals surface area contributed by atoms with E-state index in [1.165, 1.54) is 23.9 Å². The number of anilines is 1. The maximum atomic E-state index is 13.4. The van der Waals surface area contributed by atoms with Crippen molar-refractivity contribution in [3.8, 4) is 0 Å². The molecule has 0 fully saturated rings. The van der Waals surface area contributed by atoms with Crippen LogP contribution in [-0.4, -0.2) is 23.5 Å². The lowest BCUT2D eigenvalue weighted by Gasteiger charge is -2.09. The van der Waals surface area contributed by atoms with Gasteiger partial charge in [-0.15, -0.1) is 0 Å². The summed E-state index contributed by atoms with van der Waals surface area (Å²) in [6.07, 6.45) is 0.875. The van der Waals surface area contributed by atoms with Gasteiger partial charge in [-0.3, -0.25) is 4.79 Å². The number of hydrogen-bond acceptors (Lipinski definition) is 3. The zero-order chi connectivity index (χ0) is 13.5. The zero-order valence-corrected chi connectivity index (χ0v) is 11.7. The van der Waals surface area contributed by atoms with Crippen LogP contribution in [0, 0.1) is 5.82 Å². The Balaban J connectivity index is 2.40. The van der Waals surface area contributed by atoms with Crippen LogP contribution >= 0.6 is 23.4 Å². The lowest BCUT2D eigenvalue weighted by Crippen LogP contribution is -2.23. The Labute approximate surface area is 115 Å². The van der Waals surface area contributed by atoms with E-state index in [-0.39, 0.29) is 23.4 Å². The standard InChI is InChI=1S/C12H16ClFN2OS/c1-2-9(15)6-18-7-12(17)16-11-4-3-8(13)5-10(11)14/h3-5,9H,2,6-7,15H2,1H3,(H,16,17). The van der Waals surface area contributed by atoms with E-state index in [0.717, 1.165) is 12.5 Å². The average molecular weight is 291 g/mol. The van der Waals surface area contributed by atoms with Crippen molar-refractivity contribution in [3.05, 3.63) is 29.0 Å². The number of hydrogen-bond donors (Lipinski definition) is 2. The minimum atomic E-state index is -0.536. The fraction of sp³-hybridized carbons (Fsp3) is 0.417. The zero-order valence-electron chi connectivity index (χ0n) is 10.1. The number of amides is 1. The van der Waals surface area contributed by atoms with Gasteiger partial charge in [-0.25, -0.2) is 4.39 Å². The molecule has 0 aliphatic rings. The smallest absolute Gasteiger partial charge is 0.234 e. The van der Waals surface area contributed by atoms with Gasteiger partial charge in [0, 0.05) is 16.8 Å². The third-order valence-corrected chi connectivity index (χ3v) is 3.66. The maximum absolute atomic E-state index is 13.4. The number of rotatable bonds is 6. The first-order valence-corrected chi connectivity index (χ1v) is 7.14. The summed E-state index contributed by atoms with van der Waals surface area (Å²) in [5, 5.41) is 2.79. The molecular weight excluding hydrogens is 275 g/mol. The minimum Gasteiger partial charge on any atom is -0.327 e. The first-order chi connectivity index (χ1) is 8.52. The second-order valence-corrected chi connectivity index (χ2v) is 5.32. The van der Waals surface area contributed by atoms with E-state index < -0.39 is 5.82 Å². The Kier molecular flexibility index (Phi) is 6.46. The Morgan fingerprint density at radius 3 is 2.94 bits per heavy atom. The molecule has 1 aromatic rings. The number of thioether (sulfide) groups is 1. The summed E-state index contributed by atoms with van der Waals surface area (Å²) < 4.78 is 13.4. The third-order valence-electron chi connectivity index (χ3n) is 2.29. The molecule has 6 heteroatoms. The van der Waals surface area contributed by atoms with Gasteiger partial charge in [0.15, 0.2) is 0 Å². The van der Waals surface area contributed by atoms with Crippen molar-refractivity contribution < 1.29 is 9.18 Å². The summed E-state index contributed by atoms with van der Waals surface area (Å²) >= 11 is 7.05. The highest BCUT2D eigenvalue weighted by Crippen LogP contribution is 2.19.